The summed E-state index contributed by atoms with van der Waals surface area (Å²) >= 11 is 0. The van der Waals surface area contributed by atoms with Crippen LogP contribution in [0.1, 0.15) is 47.2 Å². The number of hydrogen-bond donors (Lipinski definition) is 0. The van der Waals surface area contributed by atoms with E-state index in [1.165, 1.54) is 11.6 Å². The normalized spacial score (nSPS) is 25.1. The van der Waals surface area contributed by atoms with Crippen LogP contribution >= 0.6 is 0 Å². The van der Waals surface area contributed by atoms with Crippen LogP contribution in [0.25, 0.3) is 0 Å². The number of rotatable bonds is 4. The Morgan fingerprint density at radius 2 is 1.61 bits per heavy atom. The summed E-state index contributed by atoms with van der Waals surface area (Å²) in [6.07, 6.45) is -1.74. The lowest BCUT2D eigenvalue weighted by atomic mass is 9.84. The number of ketones is 1. The third kappa shape index (κ3) is 3.58. The van der Waals surface area contributed by atoms with Crippen molar-refractivity contribution in [3.8, 4) is 0 Å². The molecule has 0 aliphatic carbocycles. The molecule has 0 amide bonds. The summed E-state index contributed by atoms with van der Waals surface area (Å²) in [4.78, 5) is 15.2. The first-order chi connectivity index (χ1) is 13.3. The SMILES string of the molecule is O=C(c1cccc(C(F)(F)F)c1F)C1CC2CCC(C1)N2Cc1ccccc1. The van der Waals surface area contributed by atoms with Crippen LogP contribution in [0, 0.1) is 11.7 Å². The molecule has 6 heteroatoms. The molecule has 0 saturated carbocycles. The average Bonchev–Trinajstić information content (AvgIpc) is 2.89. The van der Waals surface area contributed by atoms with Crippen molar-refractivity contribution in [1.29, 1.82) is 0 Å². The molecule has 2 aromatic carbocycles. The summed E-state index contributed by atoms with van der Waals surface area (Å²) in [6.45, 7) is 0.801. The summed E-state index contributed by atoms with van der Waals surface area (Å²) in [5, 5.41) is 0. The molecule has 2 aromatic rings. The van der Waals surface area contributed by atoms with Crippen LogP contribution < -0.4 is 0 Å². The highest BCUT2D eigenvalue weighted by Crippen LogP contribution is 2.41. The number of alkyl halides is 3. The smallest absolute Gasteiger partial charge is 0.294 e. The number of carbonyl (C=O) groups excluding carboxylic acids is 1. The van der Waals surface area contributed by atoms with Gasteiger partial charge in [0.05, 0.1) is 11.1 Å². The fourth-order valence-electron chi connectivity index (χ4n) is 4.70. The van der Waals surface area contributed by atoms with Crippen LogP contribution in [0.5, 0.6) is 0 Å². The molecule has 0 N–H and O–H groups in total. The Balaban J connectivity index is 1.51. The monoisotopic (exact) mass is 391 g/mol. The van der Waals surface area contributed by atoms with Gasteiger partial charge in [0, 0.05) is 24.5 Å². The Bertz CT molecular complexity index is 851. The van der Waals surface area contributed by atoms with Gasteiger partial charge < -0.3 is 0 Å². The summed E-state index contributed by atoms with van der Waals surface area (Å²) in [5.41, 5.74) is -0.605. The molecule has 2 saturated heterocycles. The molecule has 28 heavy (non-hydrogen) atoms. The van der Waals surface area contributed by atoms with E-state index in [0.29, 0.717) is 18.9 Å². The van der Waals surface area contributed by atoms with E-state index in [1.807, 2.05) is 18.2 Å². The van der Waals surface area contributed by atoms with E-state index < -0.39 is 34.8 Å². The number of Topliss-reactive ketones (excluding diaryl/α,β-unsaturated/α-hetero) is 1. The maximum atomic E-state index is 14.4. The van der Waals surface area contributed by atoms with E-state index in [9.17, 15) is 22.4 Å². The number of halogens is 4. The highest BCUT2D eigenvalue weighted by Gasteiger charge is 2.44. The predicted octanol–water partition coefficient (Wildman–Crippen LogP) is 5.47. The van der Waals surface area contributed by atoms with E-state index >= 15 is 0 Å². The zero-order valence-electron chi connectivity index (χ0n) is 15.3. The van der Waals surface area contributed by atoms with Gasteiger partial charge in [0.2, 0.25) is 0 Å². The summed E-state index contributed by atoms with van der Waals surface area (Å²) in [7, 11) is 0. The van der Waals surface area contributed by atoms with Crippen LogP contribution in [-0.4, -0.2) is 22.8 Å². The summed E-state index contributed by atoms with van der Waals surface area (Å²) in [6, 6.07) is 13.5. The van der Waals surface area contributed by atoms with Gasteiger partial charge in [-0.2, -0.15) is 13.2 Å². The Kier molecular flexibility index (Phi) is 5.00. The van der Waals surface area contributed by atoms with Crippen molar-refractivity contribution in [2.45, 2.75) is 50.5 Å². The third-order valence-electron chi connectivity index (χ3n) is 6.03. The zero-order valence-corrected chi connectivity index (χ0v) is 15.3. The standard InChI is InChI=1S/C22H21F4NO/c23-20-18(7-4-8-19(20)22(24,25)26)21(28)15-11-16-9-10-17(12-15)27(16)13-14-5-2-1-3-6-14/h1-8,15-17H,9-13H2. The van der Waals surface area contributed by atoms with Crippen LogP contribution in [0.3, 0.4) is 0 Å². The molecule has 0 aromatic heterocycles. The first kappa shape index (κ1) is 19.1. The van der Waals surface area contributed by atoms with Gasteiger partial charge in [-0.3, -0.25) is 9.69 Å². The third-order valence-corrected chi connectivity index (χ3v) is 6.03. The fourth-order valence-corrected chi connectivity index (χ4v) is 4.70. The molecule has 2 bridgehead atoms. The van der Waals surface area contributed by atoms with Gasteiger partial charge in [-0.15, -0.1) is 0 Å². The van der Waals surface area contributed by atoms with Gasteiger partial charge in [-0.25, -0.2) is 4.39 Å². The van der Waals surface area contributed by atoms with Crippen molar-refractivity contribution >= 4 is 5.78 Å². The average molecular weight is 391 g/mol. The van der Waals surface area contributed by atoms with Crippen molar-refractivity contribution in [3.05, 3.63) is 71.0 Å². The molecular weight excluding hydrogens is 370 g/mol. The lowest BCUT2D eigenvalue weighted by Crippen LogP contribution is -2.44. The number of hydrogen-bond acceptors (Lipinski definition) is 2. The molecule has 2 heterocycles. The summed E-state index contributed by atoms with van der Waals surface area (Å²) < 4.78 is 53.3. The molecular formula is C22H21F4NO. The van der Waals surface area contributed by atoms with Crippen molar-refractivity contribution in [2.24, 2.45) is 5.92 Å². The molecule has 148 valence electrons. The molecule has 0 spiro atoms. The van der Waals surface area contributed by atoms with Gasteiger partial charge >= 0.3 is 6.18 Å². The molecule has 0 radical (unpaired) electrons. The second-order valence-electron chi connectivity index (χ2n) is 7.74. The maximum Gasteiger partial charge on any atom is 0.419 e. The lowest BCUT2D eigenvalue weighted by Gasteiger charge is -2.38. The minimum atomic E-state index is -4.81. The lowest BCUT2D eigenvalue weighted by molar-refractivity contribution is -0.140. The minimum absolute atomic E-state index is 0.210. The van der Waals surface area contributed by atoms with Crippen molar-refractivity contribution < 1.29 is 22.4 Å². The molecule has 2 aliphatic heterocycles. The molecule has 2 aliphatic rings. The van der Waals surface area contributed by atoms with Crippen LogP contribution in [0.15, 0.2) is 48.5 Å². The van der Waals surface area contributed by atoms with E-state index in [4.69, 9.17) is 0 Å². The molecule has 2 nitrogen and oxygen atoms in total. The summed E-state index contributed by atoms with van der Waals surface area (Å²) in [5.74, 6) is -2.37. The molecule has 2 unspecified atom stereocenters. The Morgan fingerprint density at radius 3 is 2.21 bits per heavy atom. The quantitative estimate of drug-likeness (QED) is 0.509. The largest absolute Gasteiger partial charge is 0.419 e. The van der Waals surface area contributed by atoms with Gasteiger partial charge in [0.15, 0.2) is 5.78 Å². The van der Waals surface area contributed by atoms with E-state index in [1.54, 1.807) is 0 Å². The second kappa shape index (κ2) is 7.32. The molecule has 4 rings (SSSR count). The predicted molar refractivity (Wildman–Crippen MR) is 97.3 cm³/mol. The zero-order chi connectivity index (χ0) is 19.9. The number of benzene rings is 2. The molecule has 2 fully saturated rings. The number of nitrogens with zero attached hydrogens (tertiary/aromatic N) is 1. The fraction of sp³-hybridized carbons (Fsp3) is 0.409. The Hall–Kier alpha value is -2.21. The van der Waals surface area contributed by atoms with Gasteiger partial charge in [0.25, 0.3) is 0 Å². The van der Waals surface area contributed by atoms with Crippen LogP contribution in [0.4, 0.5) is 17.6 Å². The van der Waals surface area contributed by atoms with Crippen molar-refractivity contribution in [1.82, 2.24) is 4.90 Å². The van der Waals surface area contributed by atoms with E-state index in [0.717, 1.165) is 25.5 Å². The van der Waals surface area contributed by atoms with Gasteiger partial charge in [-0.1, -0.05) is 36.4 Å². The highest BCUT2D eigenvalue weighted by atomic mass is 19.4. The maximum absolute atomic E-state index is 14.4. The minimum Gasteiger partial charge on any atom is -0.294 e. The number of fused-ring (bicyclic) bond motifs is 2. The van der Waals surface area contributed by atoms with E-state index in [-0.39, 0.29) is 12.1 Å². The first-order valence-corrected chi connectivity index (χ1v) is 9.54. The van der Waals surface area contributed by atoms with Crippen molar-refractivity contribution in [2.75, 3.05) is 0 Å². The Morgan fingerprint density at radius 1 is 0.964 bits per heavy atom. The van der Waals surface area contributed by atoms with Gasteiger partial charge in [0.1, 0.15) is 5.82 Å². The first-order valence-electron chi connectivity index (χ1n) is 9.54. The van der Waals surface area contributed by atoms with Crippen LogP contribution in [0.2, 0.25) is 0 Å². The molecule has 2 atom stereocenters. The van der Waals surface area contributed by atoms with Crippen molar-refractivity contribution in [3.63, 3.8) is 0 Å². The number of piperidine rings is 1. The Labute approximate surface area is 161 Å². The highest BCUT2D eigenvalue weighted by molar-refractivity contribution is 5.98. The van der Waals surface area contributed by atoms with E-state index in [2.05, 4.69) is 17.0 Å². The topological polar surface area (TPSA) is 20.3 Å². The van der Waals surface area contributed by atoms with Crippen LogP contribution in [-0.2, 0) is 12.7 Å². The van der Waals surface area contributed by atoms with Gasteiger partial charge in [-0.05, 0) is 43.4 Å². The second-order valence-corrected chi connectivity index (χ2v) is 7.74. The number of carbonyl (C=O) groups is 1.